The summed E-state index contributed by atoms with van der Waals surface area (Å²) in [5, 5.41) is 12.8. The third-order valence-electron chi connectivity index (χ3n) is 4.03. The summed E-state index contributed by atoms with van der Waals surface area (Å²) in [5.74, 6) is 0.197. The highest BCUT2D eigenvalue weighted by atomic mass is 16.4. The molecule has 1 aromatic rings. The molecule has 0 saturated carbocycles. The van der Waals surface area contributed by atoms with E-state index in [0.29, 0.717) is 0 Å². The van der Waals surface area contributed by atoms with E-state index in [1.165, 1.54) is 12.8 Å². The van der Waals surface area contributed by atoms with E-state index in [2.05, 4.69) is 10.3 Å². The van der Waals surface area contributed by atoms with Crippen molar-refractivity contribution >= 4 is 5.97 Å². The fraction of sp³-hybridized carbons (Fsp3) is 0.692. The van der Waals surface area contributed by atoms with Crippen molar-refractivity contribution in [2.24, 2.45) is 0 Å². The SMILES string of the molecule is O=C(O)C1CCCc2cnc(C3CCCCN3)n21. The Morgan fingerprint density at radius 3 is 3.00 bits per heavy atom. The summed E-state index contributed by atoms with van der Waals surface area (Å²) in [4.78, 5) is 15.9. The van der Waals surface area contributed by atoms with Gasteiger partial charge in [-0.25, -0.2) is 9.78 Å². The third kappa shape index (κ3) is 1.92. The zero-order valence-electron chi connectivity index (χ0n) is 10.4. The van der Waals surface area contributed by atoms with Crippen molar-refractivity contribution < 1.29 is 9.90 Å². The minimum Gasteiger partial charge on any atom is -0.480 e. The molecule has 0 bridgehead atoms. The number of aromatic nitrogens is 2. The quantitative estimate of drug-likeness (QED) is 0.836. The topological polar surface area (TPSA) is 67.2 Å². The second-order valence-electron chi connectivity index (χ2n) is 5.23. The Balaban J connectivity index is 1.96. The van der Waals surface area contributed by atoms with Crippen molar-refractivity contribution in [3.05, 3.63) is 17.7 Å². The van der Waals surface area contributed by atoms with Gasteiger partial charge in [-0.15, -0.1) is 0 Å². The van der Waals surface area contributed by atoms with Crippen molar-refractivity contribution in [3.63, 3.8) is 0 Å². The number of aryl methyl sites for hydroxylation is 1. The second kappa shape index (κ2) is 4.72. The summed E-state index contributed by atoms with van der Waals surface area (Å²) in [7, 11) is 0. The molecular weight excluding hydrogens is 230 g/mol. The number of carboxylic acid groups (broad SMARTS) is 1. The van der Waals surface area contributed by atoms with Crippen molar-refractivity contribution in [1.29, 1.82) is 0 Å². The lowest BCUT2D eigenvalue weighted by Gasteiger charge is -2.29. The molecule has 1 fully saturated rings. The Hall–Kier alpha value is -1.36. The van der Waals surface area contributed by atoms with E-state index in [1.54, 1.807) is 0 Å². The largest absolute Gasteiger partial charge is 0.480 e. The molecule has 5 heteroatoms. The van der Waals surface area contributed by atoms with E-state index in [1.807, 2.05) is 10.8 Å². The van der Waals surface area contributed by atoms with Gasteiger partial charge in [-0.05, 0) is 38.6 Å². The van der Waals surface area contributed by atoms with Crippen LogP contribution in [0.1, 0.15) is 55.7 Å². The summed E-state index contributed by atoms with van der Waals surface area (Å²) in [6, 6.07) is -0.192. The Kier molecular flexibility index (Phi) is 3.07. The maximum atomic E-state index is 11.4. The molecule has 2 atom stereocenters. The van der Waals surface area contributed by atoms with Gasteiger partial charge in [-0.3, -0.25) is 0 Å². The molecule has 1 saturated heterocycles. The first-order valence-corrected chi connectivity index (χ1v) is 6.79. The van der Waals surface area contributed by atoms with Crippen LogP contribution in [0.25, 0.3) is 0 Å². The number of carbonyl (C=O) groups is 1. The van der Waals surface area contributed by atoms with E-state index in [-0.39, 0.29) is 6.04 Å². The first-order valence-electron chi connectivity index (χ1n) is 6.79. The molecule has 0 radical (unpaired) electrons. The molecule has 2 unspecified atom stereocenters. The predicted octanol–water partition coefficient (Wildman–Crippen LogP) is 1.66. The average molecular weight is 249 g/mol. The first-order chi connectivity index (χ1) is 8.77. The summed E-state index contributed by atoms with van der Waals surface area (Å²) >= 11 is 0. The monoisotopic (exact) mass is 249 g/mol. The number of hydrogen-bond acceptors (Lipinski definition) is 3. The number of nitrogens with one attached hydrogen (secondary N) is 1. The Bertz CT molecular complexity index is 449. The van der Waals surface area contributed by atoms with Crippen LogP contribution in [-0.4, -0.2) is 27.2 Å². The maximum absolute atomic E-state index is 11.4. The molecule has 2 aliphatic rings. The van der Waals surface area contributed by atoms with Crippen LogP contribution in [0.5, 0.6) is 0 Å². The molecule has 0 amide bonds. The average Bonchev–Trinajstić information content (AvgIpc) is 2.83. The number of hydrogen-bond donors (Lipinski definition) is 2. The summed E-state index contributed by atoms with van der Waals surface area (Å²) in [6.07, 6.45) is 7.93. The zero-order chi connectivity index (χ0) is 12.5. The third-order valence-corrected chi connectivity index (χ3v) is 4.03. The van der Waals surface area contributed by atoms with Gasteiger partial charge in [0.15, 0.2) is 0 Å². The molecule has 5 nitrogen and oxygen atoms in total. The minimum absolute atomic E-state index is 0.229. The van der Waals surface area contributed by atoms with Gasteiger partial charge in [0.1, 0.15) is 11.9 Å². The second-order valence-corrected chi connectivity index (χ2v) is 5.23. The number of fused-ring (bicyclic) bond motifs is 1. The van der Waals surface area contributed by atoms with Crippen LogP contribution in [0.15, 0.2) is 6.20 Å². The lowest BCUT2D eigenvalue weighted by Crippen LogP contribution is -2.33. The first kappa shape index (κ1) is 11.7. The van der Waals surface area contributed by atoms with Crippen molar-refractivity contribution in [1.82, 2.24) is 14.9 Å². The zero-order valence-corrected chi connectivity index (χ0v) is 10.4. The Morgan fingerprint density at radius 1 is 1.39 bits per heavy atom. The van der Waals surface area contributed by atoms with Crippen LogP contribution >= 0.6 is 0 Å². The maximum Gasteiger partial charge on any atom is 0.326 e. The minimum atomic E-state index is -0.731. The molecule has 0 aliphatic carbocycles. The van der Waals surface area contributed by atoms with Crippen molar-refractivity contribution in [2.75, 3.05) is 6.54 Å². The lowest BCUT2D eigenvalue weighted by molar-refractivity contribution is -0.141. The van der Waals surface area contributed by atoms with E-state index in [4.69, 9.17) is 0 Å². The van der Waals surface area contributed by atoms with Crippen LogP contribution in [0.4, 0.5) is 0 Å². The number of piperidine rings is 1. The number of rotatable bonds is 2. The summed E-state index contributed by atoms with van der Waals surface area (Å²) in [5.41, 5.74) is 1.08. The van der Waals surface area contributed by atoms with Gasteiger partial charge < -0.3 is 15.0 Å². The van der Waals surface area contributed by atoms with E-state index >= 15 is 0 Å². The van der Waals surface area contributed by atoms with Gasteiger partial charge in [0.25, 0.3) is 0 Å². The number of aliphatic carboxylic acids is 1. The normalized spacial score (nSPS) is 27.8. The van der Waals surface area contributed by atoms with Gasteiger partial charge >= 0.3 is 5.97 Å². The van der Waals surface area contributed by atoms with Gasteiger partial charge in [-0.1, -0.05) is 6.42 Å². The molecular formula is C13H19N3O2. The standard InChI is InChI=1S/C13H19N3O2/c17-13(18)11-6-3-4-9-8-15-12(16(9)11)10-5-1-2-7-14-10/h8,10-11,14H,1-7H2,(H,17,18). The Morgan fingerprint density at radius 2 is 2.28 bits per heavy atom. The predicted molar refractivity (Wildman–Crippen MR) is 66.4 cm³/mol. The molecule has 98 valence electrons. The van der Waals surface area contributed by atoms with Gasteiger partial charge in [0.2, 0.25) is 0 Å². The fourth-order valence-electron chi connectivity index (χ4n) is 3.13. The highest BCUT2D eigenvalue weighted by Gasteiger charge is 2.31. The number of nitrogens with zero attached hydrogens (tertiary/aromatic N) is 2. The van der Waals surface area contributed by atoms with Crippen LogP contribution in [-0.2, 0) is 11.2 Å². The molecule has 2 aliphatic heterocycles. The lowest BCUT2D eigenvalue weighted by atomic mass is 10.0. The van der Waals surface area contributed by atoms with E-state index < -0.39 is 12.0 Å². The van der Waals surface area contributed by atoms with Crippen LogP contribution in [0, 0.1) is 0 Å². The van der Waals surface area contributed by atoms with Crippen LogP contribution < -0.4 is 5.32 Å². The molecule has 2 N–H and O–H groups in total. The van der Waals surface area contributed by atoms with Crippen molar-refractivity contribution in [3.8, 4) is 0 Å². The van der Waals surface area contributed by atoms with Gasteiger partial charge in [0.05, 0.1) is 6.04 Å². The molecule has 1 aromatic heterocycles. The van der Waals surface area contributed by atoms with Crippen LogP contribution in [0.3, 0.4) is 0 Å². The molecule has 18 heavy (non-hydrogen) atoms. The smallest absolute Gasteiger partial charge is 0.326 e. The Labute approximate surface area is 106 Å². The summed E-state index contributed by atoms with van der Waals surface area (Å²) < 4.78 is 1.97. The number of carboxylic acids is 1. The van der Waals surface area contributed by atoms with E-state index in [0.717, 1.165) is 43.7 Å². The van der Waals surface area contributed by atoms with Gasteiger partial charge in [-0.2, -0.15) is 0 Å². The highest BCUT2D eigenvalue weighted by Crippen LogP contribution is 2.31. The molecule has 0 aromatic carbocycles. The molecule has 3 rings (SSSR count). The van der Waals surface area contributed by atoms with Gasteiger partial charge in [0, 0.05) is 11.9 Å². The molecule has 0 spiro atoms. The fourth-order valence-corrected chi connectivity index (χ4v) is 3.13. The van der Waals surface area contributed by atoms with Crippen molar-refractivity contribution in [2.45, 2.75) is 50.6 Å². The number of imidazole rings is 1. The summed E-state index contributed by atoms with van der Waals surface area (Å²) in [6.45, 7) is 1.00. The van der Waals surface area contributed by atoms with Crippen LogP contribution in [0.2, 0.25) is 0 Å². The highest BCUT2D eigenvalue weighted by molar-refractivity contribution is 5.72. The van der Waals surface area contributed by atoms with E-state index in [9.17, 15) is 9.90 Å². The molecule has 3 heterocycles.